The second-order valence-electron chi connectivity index (χ2n) is 8.24. The first-order chi connectivity index (χ1) is 14.8. The van der Waals surface area contributed by atoms with Gasteiger partial charge in [0.15, 0.2) is 0 Å². The fraction of sp³-hybridized carbons (Fsp3) is 0.0345. The van der Waals surface area contributed by atoms with Crippen LogP contribution in [0, 0.1) is 0 Å². The molecule has 0 aliphatic heterocycles. The van der Waals surface area contributed by atoms with Crippen molar-refractivity contribution in [3.63, 3.8) is 0 Å². The molecule has 0 fully saturated rings. The highest BCUT2D eigenvalue weighted by Crippen LogP contribution is 2.64. The van der Waals surface area contributed by atoms with Gasteiger partial charge in [-0.2, -0.15) is 0 Å². The van der Waals surface area contributed by atoms with Crippen molar-refractivity contribution in [1.29, 1.82) is 0 Å². The summed E-state index contributed by atoms with van der Waals surface area (Å²) in [5, 5.41) is 2.64. The Kier molecular flexibility index (Phi) is 3.16. The van der Waals surface area contributed by atoms with Crippen molar-refractivity contribution < 1.29 is 0 Å². The lowest BCUT2D eigenvalue weighted by atomic mass is 9.69. The molecule has 0 radical (unpaired) electrons. The smallest absolute Gasteiger partial charge is 0.0619 e. The average Bonchev–Trinajstić information content (AvgIpc) is 3.26. The zero-order chi connectivity index (χ0) is 19.9. The third-order valence-corrected chi connectivity index (χ3v) is 7.43. The van der Waals surface area contributed by atoms with Crippen LogP contribution in [0.25, 0.3) is 33.0 Å². The average molecular weight is 445 g/mol. The van der Waals surface area contributed by atoms with E-state index in [2.05, 4.69) is 119 Å². The van der Waals surface area contributed by atoms with Crippen LogP contribution in [0.15, 0.2) is 108 Å². The predicted molar refractivity (Wildman–Crippen MR) is 128 cm³/mol. The molecule has 0 heterocycles. The third-order valence-electron chi connectivity index (χ3n) is 6.93. The van der Waals surface area contributed by atoms with Crippen molar-refractivity contribution in [3.8, 4) is 22.3 Å². The quantitative estimate of drug-likeness (QED) is 0.222. The van der Waals surface area contributed by atoms with E-state index in [-0.39, 0.29) is 5.41 Å². The highest BCUT2D eigenvalue weighted by atomic mass is 79.9. The molecule has 0 unspecified atom stereocenters. The van der Waals surface area contributed by atoms with Crippen LogP contribution in [-0.2, 0) is 5.41 Å². The zero-order valence-electron chi connectivity index (χ0n) is 16.2. The lowest BCUT2D eigenvalue weighted by Gasteiger charge is -2.31. The summed E-state index contributed by atoms with van der Waals surface area (Å²) in [6, 6.07) is 38.2. The molecule has 30 heavy (non-hydrogen) atoms. The first kappa shape index (κ1) is 16.6. The summed E-state index contributed by atoms with van der Waals surface area (Å²) in [7, 11) is 0. The van der Waals surface area contributed by atoms with Crippen LogP contribution in [0.4, 0.5) is 0 Å². The Bertz CT molecular complexity index is 1460. The van der Waals surface area contributed by atoms with Crippen LogP contribution < -0.4 is 0 Å². The summed E-state index contributed by atoms with van der Waals surface area (Å²) in [4.78, 5) is 0. The van der Waals surface area contributed by atoms with Gasteiger partial charge in [0.05, 0.1) is 5.41 Å². The molecule has 2 aliphatic carbocycles. The zero-order valence-corrected chi connectivity index (χ0v) is 17.8. The minimum atomic E-state index is -0.278. The number of rotatable bonds is 0. The molecule has 0 N–H and O–H groups in total. The van der Waals surface area contributed by atoms with Gasteiger partial charge in [-0.3, -0.25) is 0 Å². The minimum absolute atomic E-state index is 0.278. The molecular formula is C29H17Br. The molecule has 5 aromatic rings. The molecule has 7 rings (SSSR count). The van der Waals surface area contributed by atoms with E-state index in [4.69, 9.17) is 0 Å². The van der Waals surface area contributed by atoms with Gasteiger partial charge in [-0.15, -0.1) is 0 Å². The first-order valence-corrected chi connectivity index (χ1v) is 11.1. The highest BCUT2D eigenvalue weighted by Gasteiger charge is 2.52. The Labute approximate surface area is 184 Å². The Balaban J connectivity index is 1.78. The molecule has 0 saturated carbocycles. The molecule has 2 aliphatic rings. The first-order valence-electron chi connectivity index (χ1n) is 10.3. The Morgan fingerprint density at radius 2 is 1.13 bits per heavy atom. The minimum Gasteiger partial charge on any atom is -0.0619 e. The number of fused-ring (bicyclic) bond motifs is 12. The number of hydrogen-bond acceptors (Lipinski definition) is 0. The maximum Gasteiger partial charge on any atom is 0.0731 e. The molecule has 5 aromatic carbocycles. The molecule has 1 heteroatoms. The molecule has 0 atom stereocenters. The Morgan fingerprint density at radius 3 is 1.90 bits per heavy atom. The van der Waals surface area contributed by atoms with Crippen molar-refractivity contribution >= 4 is 26.7 Å². The Hall–Kier alpha value is -3.16. The normalized spacial score (nSPS) is 14.4. The summed E-state index contributed by atoms with van der Waals surface area (Å²) in [6.45, 7) is 0. The Morgan fingerprint density at radius 1 is 0.500 bits per heavy atom. The fourth-order valence-electron chi connectivity index (χ4n) is 5.90. The van der Waals surface area contributed by atoms with Gasteiger partial charge in [0.1, 0.15) is 0 Å². The van der Waals surface area contributed by atoms with Crippen molar-refractivity contribution in [2.24, 2.45) is 0 Å². The molecule has 1 spiro atoms. The second-order valence-corrected chi connectivity index (χ2v) is 9.16. The summed E-state index contributed by atoms with van der Waals surface area (Å²) < 4.78 is 1.12. The molecule has 0 aromatic heterocycles. The van der Waals surface area contributed by atoms with E-state index >= 15 is 0 Å². The van der Waals surface area contributed by atoms with Gasteiger partial charge in [0.25, 0.3) is 0 Å². The number of benzene rings is 5. The molecule has 0 amide bonds. The fourth-order valence-corrected chi connectivity index (χ4v) is 6.26. The molecule has 0 saturated heterocycles. The van der Waals surface area contributed by atoms with Crippen molar-refractivity contribution in [3.05, 3.63) is 130 Å². The molecule has 0 nitrogen and oxygen atoms in total. The largest absolute Gasteiger partial charge is 0.0731 e. The molecule has 140 valence electrons. The van der Waals surface area contributed by atoms with Crippen molar-refractivity contribution in [2.75, 3.05) is 0 Å². The van der Waals surface area contributed by atoms with Gasteiger partial charge in [-0.1, -0.05) is 107 Å². The number of hydrogen-bond donors (Lipinski definition) is 0. The van der Waals surface area contributed by atoms with Gasteiger partial charge in [0, 0.05) is 4.47 Å². The lowest BCUT2D eigenvalue weighted by Crippen LogP contribution is -2.26. The standard InChI is InChI=1S/C29H17Br/c30-19-14-16-27-24(17-19)23-15-13-18-7-1-2-8-20(18)28(23)29(27)25-11-5-3-9-21(25)22-10-4-6-12-26(22)29/h1-17H. The number of halogens is 1. The third kappa shape index (κ3) is 1.83. The molecule has 0 bridgehead atoms. The van der Waals surface area contributed by atoms with Gasteiger partial charge in [0.2, 0.25) is 0 Å². The van der Waals surface area contributed by atoms with Gasteiger partial charge < -0.3 is 0 Å². The maximum atomic E-state index is 3.73. The van der Waals surface area contributed by atoms with Crippen LogP contribution >= 0.6 is 15.9 Å². The van der Waals surface area contributed by atoms with Crippen LogP contribution in [0.5, 0.6) is 0 Å². The van der Waals surface area contributed by atoms with E-state index in [1.807, 2.05) is 0 Å². The monoisotopic (exact) mass is 444 g/mol. The van der Waals surface area contributed by atoms with Crippen LogP contribution in [0.3, 0.4) is 0 Å². The van der Waals surface area contributed by atoms with Crippen LogP contribution in [-0.4, -0.2) is 0 Å². The van der Waals surface area contributed by atoms with Gasteiger partial charge in [-0.25, -0.2) is 0 Å². The van der Waals surface area contributed by atoms with Gasteiger partial charge >= 0.3 is 0 Å². The van der Waals surface area contributed by atoms with E-state index < -0.39 is 0 Å². The van der Waals surface area contributed by atoms with Crippen molar-refractivity contribution in [1.82, 2.24) is 0 Å². The summed E-state index contributed by atoms with van der Waals surface area (Å²) in [5.41, 5.74) is 10.7. The van der Waals surface area contributed by atoms with Crippen LogP contribution in [0.2, 0.25) is 0 Å². The molecular weight excluding hydrogens is 428 g/mol. The van der Waals surface area contributed by atoms with Gasteiger partial charge in [-0.05, 0) is 67.4 Å². The maximum absolute atomic E-state index is 3.73. The van der Waals surface area contributed by atoms with E-state index in [1.54, 1.807) is 0 Å². The lowest BCUT2D eigenvalue weighted by molar-refractivity contribution is 0.801. The SMILES string of the molecule is Brc1ccc2c(c1)-c1ccc3ccccc3c1C21c2ccccc2-c2ccccc21. The topological polar surface area (TPSA) is 0 Å². The summed E-state index contributed by atoms with van der Waals surface area (Å²) in [5.74, 6) is 0. The van der Waals surface area contributed by atoms with E-state index in [9.17, 15) is 0 Å². The van der Waals surface area contributed by atoms with E-state index in [1.165, 1.54) is 55.3 Å². The van der Waals surface area contributed by atoms with E-state index in [0.29, 0.717) is 0 Å². The van der Waals surface area contributed by atoms with Crippen molar-refractivity contribution in [2.45, 2.75) is 5.41 Å². The summed E-state index contributed by atoms with van der Waals surface area (Å²) in [6.07, 6.45) is 0. The van der Waals surface area contributed by atoms with Crippen LogP contribution in [0.1, 0.15) is 22.3 Å². The highest BCUT2D eigenvalue weighted by molar-refractivity contribution is 9.10. The second kappa shape index (κ2) is 5.71. The van der Waals surface area contributed by atoms with E-state index in [0.717, 1.165) is 4.47 Å². The predicted octanol–water partition coefficient (Wildman–Crippen LogP) is 7.95. The summed E-state index contributed by atoms with van der Waals surface area (Å²) >= 11 is 3.73.